The largest absolute Gasteiger partial charge is 0.336 e. The van der Waals surface area contributed by atoms with E-state index in [1.54, 1.807) is 9.21 Å². The summed E-state index contributed by atoms with van der Waals surface area (Å²) in [6, 6.07) is 4.68. The number of sulfonamides is 1. The number of nitro groups is 1. The van der Waals surface area contributed by atoms with E-state index in [1.165, 1.54) is 30.5 Å². The van der Waals surface area contributed by atoms with Crippen molar-refractivity contribution in [2.24, 2.45) is 11.8 Å². The summed E-state index contributed by atoms with van der Waals surface area (Å²) in [5.74, 6) is -0.0350. The molecule has 0 saturated carbocycles. The Kier molecular flexibility index (Phi) is 3.96. The molecule has 3 aliphatic rings. The molecule has 2 aromatic rings. The van der Waals surface area contributed by atoms with Crippen molar-refractivity contribution in [3.05, 3.63) is 46.3 Å². The highest BCUT2D eigenvalue weighted by atomic mass is 32.2. The molecule has 2 bridgehead atoms. The molecule has 0 aliphatic carbocycles. The second kappa shape index (κ2) is 6.32. The van der Waals surface area contributed by atoms with Gasteiger partial charge in [0, 0.05) is 37.3 Å². The zero-order valence-electron chi connectivity index (χ0n) is 15.2. The second-order valence-corrected chi connectivity index (χ2v) is 9.53. The number of nitrogens with zero attached hydrogens (tertiary/aromatic N) is 5. The maximum atomic E-state index is 13.3. The van der Waals surface area contributed by atoms with Gasteiger partial charge in [-0.15, -0.1) is 0 Å². The van der Waals surface area contributed by atoms with Gasteiger partial charge in [-0.3, -0.25) is 14.9 Å². The van der Waals surface area contributed by atoms with Crippen molar-refractivity contribution in [2.75, 3.05) is 13.1 Å². The molecule has 3 fully saturated rings. The number of hydrogen-bond donors (Lipinski definition) is 1. The van der Waals surface area contributed by atoms with Crippen molar-refractivity contribution in [1.29, 1.82) is 0 Å². The van der Waals surface area contributed by atoms with Crippen molar-refractivity contribution in [2.45, 2.75) is 29.8 Å². The van der Waals surface area contributed by atoms with Gasteiger partial charge in [0.15, 0.2) is 5.69 Å². The van der Waals surface area contributed by atoms with Gasteiger partial charge in [-0.1, -0.05) is 0 Å². The number of aromatic nitrogens is 3. The number of carbonyl (C=O) groups excluding carboxylic acids is 1. The fraction of sp³-hybridized carbons (Fsp3) is 0.471. The summed E-state index contributed by atoms with van der Waals surface area (Å²) in [4.78, 5) is 24.7. The van der Waals surface area contributed by atoms with Crippen LogP contribution < -0.4 is 0 Å². The van der Waals surface area contributed by atoms with E-state index in [1.807, 2.05) is 0 Å². The number of nitrogens with one attached hydrogen (secondary N) is 1. The molecule has 1 aromatic carbocycles. The Balaban J connectivity index is 1.38. The number of H-pyrrole nitrogens is 1. The van der Waals surface area contributed by atoms with Crippen molar-refractivity contribution in [3.63, 3.8) is 0 Å². The summed E-state index contributed by atoms with van der Waals surface area (Å²) < 4.78 is 28.1. The van der Waals surface area contributed by atoms with Gasteiger partial charge in [-0.05, 0) is 36.8 Å². The SMILES string of the molecule is O=C(c1cn[nH]n1)N1C[C@@H]2[C@H](C1)[C@H]1CC[C@@H]2N1S(=O)(=O)c1ccc([N+](=O)[O-])cc1. The summed E-state index contributed by atoms with van der Waals surface area (Å²) in [5, 5.41) is 20.8. The van der Waals surface area contributed by atoms with Gasteiger partial charge in [0.25, 0.3) is 11.6 Å². The predicted molar refractivity (Wildman–Crippen MR) is 98.2 cm³/mol. The summed E-state index contributed by atoms with van der Waals surface area (Å²) in [6.45, 7) is 0.980. The van der Waals surface area contributed by atoms with E-state index in [4.69, 9.17) is 0 Å². The van der Waals surface area contributed by atoms with Gasteiger partial charge in [0.05, 0.1) is 16.0 Å². The van der Waals surface area contributed by atoms with E-state index >= 15 is 0 Å². The first-order valence-electron chi connectivity index (χ1n) is 9.31. The van der Waals surface area contributed by atoms with Crippen LogP contribution in [0, 0.1) is 22.0 Å². The molecule has 1 amide bonds. The number of fused-ring (bicyclic) bond motifs is 5. The third-order valence-electron chi connectivity index (χ3n) is 6.36. The molecular weight excluding hydrogens is 400 g/mol. The number of carbonyl (C=O) groups is 1. The van der Waals surface area contributed by atoms with E-state index < -0.39 is 14.9 Å². The van der Waals surface area contributed by atoms with Crippen molar-refractivity contribution < 1.29 is 18.1 Å². The first-order valence-corrected chi connectivity index (χ1v) is 10.7. The molecule has 11 nitrogen and oxygen atoms in total. The van der Waals surface area contributed by atoms with Crippen LogP contribution in [-0.4, -0.2) is 69.0 Å². The molecule has 5 rings (SSSR count). The standard InChI is InChI=1S/C17H18N6O5S/c24-17(14-7-18-20-19-14)21-8-12-13(9-21)16-6-5-15(12)22(16)29(27,28)11-3-1-10(2-4-11)23(25)26/h1-4,7,12-13,15-16H,5-6,8-9H2,(H,18,19,20)/t12-,13+,15+,16-. The first-order chi connectivity index (χ1) is 13.9. The Labute approximate surface area is 165 Å². The van der Waals surface area contributed by atoms with Gasteiger partial charge in [0.1, 0.15) is 0 Å². The number of non-ortho nitro benzene ring substituents is 1. The van der Waals surface area contributed by atoms with E-state index in [-0.39, 0.29) is 46.1 Å². The van der Waals surface area contributed by atoms with E-state index in [0.717, 1.165) is 12.8 Å². The average Bonchev–Trinajstić information content (AvgIpc) is 3.49. The van der Waals surface area contributed by atoms with Gasteiger partial charge in [0.2, 0.25) is 10.0 Å². The van der Waals surface area contributed by atoms with Crippen LogP contribution in [0.5, 0.6) is 0 Å². The Morgan fingerprint density at radius 1 is 1.14 bits per heavy atom. The highest BCUT2D eigenvalue weighted by Crippen LogP contribution is 2.51. The minimum Gasteiger partial charge on any atom is -0.336 e. The molecule has 4 heterocycles. The third-order valence-corrected chi connectivity index (χ3v) is 8.32. The zero-order chi connectivity index (χ0) is 20.3. The predicted octanol–water partition coefficient (Wildman–Crippen LogP) is 0.637. The summed E-state index contributed by atoms with van der Waals surface area (Å²) in [6.07, 6.45) is 2.89. The van der Waals surface area contributed by atoms with Crippen LogP contribution in [0.2, 0.25) is 0 Å². The number of amides is 1. The Morgan fingerprint density at radius 3 is 2.28 bits per heavy atom. The lowest BCUT2D eigenvalue weighted by Crippen LogP contribution is -2.41. The van der Waals surface area contributed by atoms with E-state index in [0.29, 0.717) is 13.1 Å². The lowest BCUT2D eigenvalue weighted by atomic mass is 9.82. The van der Waals surface area contributed by atoms with Crippen molar-refractivity contribution in [3.8, 4) is 0 Å². The normalized spacial score (nSPS) is 28.6. The van der Waals surface area contributed by atoms with Crippen LogP contribution >= 0.6 is 0 Å². The Morgan fingerprint density at radius 2 is 1.76 bits per heavy atom. The maximum absolute atomic E-state index is 13.3. The molecule has 0 radical (unpaired) electrons. The van der Waals surface area contributed by atoms with E-state index in [9.17, 15) is 23.3 Å². The molecule has 29 heavy (non-hydrogen) atoms. The van der Waals surface area contributed by atoms with Crippen LogP contribution in [0.4, 0.5) is 5.69 Å². The lowest BCUT2D eigenvalue weighted by molar-refractivity contribution is -0.384. The summed E-state index contributed by atoms with van der Waals surface area (Å²) in [5.41, 5.74) is 0.111. The topological polar surface area (TPSA) is 142 Å². The number of likely N-dealkylation sites (tertiary alicyclic amines) is 1. The smallest absolute Gasteiger partial charge is 0.276 e. The summed E-state index contributed by atoms with van der Waals surface area (Å²) >= 11 is 0. The van der Waals surface area contributed by atoms with Crippen LogP contribution in [0.1, 0.15) is 23.3 Å². The molecule has 3 aliphatic heterocycles. The monoisotopic (exact) mass is 418 g/mol. The fourth-order valence-corrected chi connectivity index (χ4v) is 7.13. The molecule has 3 saturated heterocycles. The second-order valence-electron chi connectivity index (χ2n) is 7.69. The molecular formula is C17H18N6O5S. The fourth-order valence-electron chi connectivity index (χ4n) is 5.17. The number of aromatic amines is 1. The average molecular weight is 418 g/mol. The quantitative estimate of drug-likeness (QED) is 0.567. The van der Waals surface area contributed by atoms with Crippen LogP contribution in [0.15, 0.2) is 35.4 Å². The Bertz CT molecular complexity index is 1050. The van der Waals surface area contributed by atoms with E-state index in [2.05, 4.69) is 15.4 Å². The molecule has 12 heteroatoms. The lowest BCUT2D eigenvalue weighted by Gasteiger charge is -2.26. The third kappa shape index (κ3) is 2.66. The zero-order valence-corrected chi connectivity index (χ0v) is 16.0. The molecule has 4 atom stereocenters. The molecule has 0 spiro atoms. The maximum Gasteiger partial charge on any atom is 0.276 e. The molecule has 1 aromatic heterocycles. The molecule has 152 valence electrons. The van der Waals surface area contributed by atoms with Gasteiger partial charge in [-0.25, -0.2) is 8.42 Å². The minimum atomic E-state index is -3.76. The van der Waals surface area contributed by atoms with Crippen LogP contribution in [-0.2, 0) is 10.0 Å². The summed E-state index contributed by atoms with van der Waals surface area (Å²) in [7, 11) is -3.76. The van der Waals surface area contributed by atoms with Gasteiger partial charge >= 0.3 is 0 Å². The van der Waals surface area contributed by atoms with Gasteiger partial charge in [-0.2, -0.15) is 19.7 Å². The van der Waals surface area contributed by atoms with Crippen LogP contribution in [0.25, 0.3) is 0 Å². The van der Waals surface area contributed by atoms with Gasteiger partial charge < -0.3 is 4.90 Å². The number of benzene rings is 1. The number of rotatable bonds is 4. The van der Waals surface area contributed by atoms with Crippen LogP contribution in [0.3, 0.4) is 0 Å². The molecule has 0 unspecified atom stereocenters. The first kappa shape index (κ1) is 18.2. The minimum absolute atomic E-state index is 0.0653. The molecule has 1 N–H and O–H groups in total. The number of nitro benzene ring substituents is 1. The van der Waals surface area contributed by atoms with Crippen molar-refractivity contribution in [1.82, 2.24) is 24.6 Å². The Hall–Kier alpha value is -2.86. The highest BCUT2D eigenvalue weighted by molar-refractivity contribution is 7.89. The van der Waals surface area contributed by atoms with Crippen molar-refractivity contribution >= 4 is 21.6 Å². The number of hydrogen-bond acceptors (Lipinski definition) is 7. The highest BCUT2D eigenvalue weighted by Gasteiger charge is 2.60.